The molecule has 0 saturated heterocycles. The van der Waals surface area contributed by atoms with Gasteiger partial charge in [0, 0.05) is 16.7 Å². The SMILES string of the molecule is CCCCC1=CC(=Cc2cc(C(C)(C)C)c(O)c(C(C)(C)C)c2)C=CC1=O. The molecule has 1 aliphatic carbocycles. The number of rotatable bonds is 4. The molecule has 0 bridgehead atoms. The van der Waals surface area contributed by atoms with Crippen LogP contribution in [-0.2, 0) is 15.6 Å². The molecule has 2 heteroatoms. The molecule has 0 aliphatic heterocycles. The molecule has 2 rings (SSSR count). The van der Waals surface area contributed by atoms with Gasteiger partial charge in [-0.1, -0.05) is 61.0 Å². The maximum atomic E-state index is 12.1. The predicted octanol–water partition coefficient (Wildman–Crippen LogP) is 6.63. The van der Waals surface area contributed by atoms with Crippen molar-refractivity contribution in [1.29, 1.82) is 0 Å². The van der Waals surface area contributed by atoms with Gasteiger partial charge in [-0.3, -0.25) is 4.79 Å². The van der Waals surface area contributed by atoms with Crippen LogP contribution in [0, 0.1) is 0 Å². The third kappa shape index (κ3) is 5.22. The number of hydrogen-bond acceptors (Lipinski definition) is 2. The van der Waals surface area contributed by atoms with Crippen molar-refractivity contribution in [2.45, 2.75) is 78.6 Å². The standard InChI is InChI=1S/C25H34O2/c1-8-9-10-19-14-17(11-12-22(19)26)13-18-15-20(24(2,3)4)23(27)21(16-18)25(5,6)7/h11-16,27H,8-10H2,1-7H3. The monoisotopic (exact) mass is 366 g/mol. The normalized spacial score (nSPS) is 16.8. The largest absolute Gasteiger partial charge is 0.507 e. The van der Waals surface area contributed by atoms with Crippen LogP contribution in [0.25, 0.3) is 6.08 Å². The van der Waals surface area contributed by atoms with Gasteiger partial charge in [-0.2, -0.15) is 0 Å². The second-order valence-corrected chi connectivity index (χ2v) is 9.58. The van der Waals surface area contributed by atoms with E-state index < -0.39 is 0 Å². The first-order valence-electron chi connectivity index (χ1n) is 9.96. The average Bonchev–Trinajstić information content (AvgIpc) is 2.54. The minimum absolute atomic E-state index is 0.122. The molecule has 1 N–H and O–H groups in total. The number of carbonyl (C=O) groups is 1. The summed E-state index contributed by atoms with van der Waals surface area (Å²) in [6.45, 7) is 14.8. The van der Waals surface area contributed by atoms with Crippen LogP contribution >= 0.6 is 0 Å². The molecule has 2 nitrogen and oxygen atoms in total. The van der Waals surface area contributed by atoms with E-state index in [9.17, 15) is 9.90 Å². The minimum atomic E-state index is -0.154. The summed E-state index contributed by atoms with van der Waals surface area (Å²) < 4.78 is 0. The summed E-state index contributed by atoms with van der Waals surface area (Å²) in [5.74, 6) is 0.516. The van der Waals surface area contributed by atoms with E-state index in [2.05, 4.69) is 66.7 Å². The van der Waals surface area contributed by atoms with Crippen molar-refractivity contribution >= 4 is 11.9 Å². The smallest absolute Gasteiger partial charge is 0.181 e. The second-order valence-electron chi connectivity index (χ2n) is 9.58. The molecule has 0 amide bonds. The zero-order valence-electron chi connectivity index (χ0n) is 17.9. The van der Waals surface area contributed by atoms with Crippen LogP contribution in [0.15, 0.2) is 41.5 Å². The Bertz CT molecular complexity index is 771. The lowest BCUT2D eigenvalue weighted by Crippen LogP contribution is -2.17. The Morgan fingerprint density at radius 3 is 2.00 bits per heavy atom. The van der Waals surface area contributed by atoms with Gasteiger partial charge in [-0.25, -0.2) is 0 Å². The van der Waals surface area contributed by atoms with Gasteiger partial charge < -0.3 is 5.11 Å². The molecular formula is C25H34O2. The minimum Gasteiger partial charge on any atom is -0.507 e. The number of phenolic OH excluding ortho intramolecular Hbond substituents is 1. The number of unbranched alkanes of at least 4 members (excludes halogenated alkanes) is 1. The quantitative estimate of drug-likeness (QED) is 0.649. The van der Waals surface area contributed by atoms with Crippen LogP contribution in [0.4, 0.5) is 0 Å². The molecule has 0 unspecified atom stereocenters. The Hall–Kier alpha value is -2.09. The molecule has 0 aromatic heterocycles. The van der Waals surface area contributed by atoms with Crippen LogP contribution < -0.4 is 0 Å². The van der Waals surface area contributed by atoms with Gasteiger partial charge in [0.25, 0.3) is 0 Å². The van der Waals surface area contributed by atoms with Gasteiger partial charge in [0.1, 0.15) is 5.75 Å². The Kier molecular flexibility index (Phi) is 6.19. The summed E-state index contributed by atoms with van der Waals surface area (Å²) in [5, 5.41) is 10.9. The molecule has 0 spiro atoms. The van der Waals surface area contributed by atoms with Crippen LogP contribution in [0.1, 0.15) is 84.4 Å². The molecule has 146 valence electrons. The number of hydrogen-bond donors (Lipinski definition) is 1. The highest BCUT2D eigenvalue weighted by atomic mass is 16.3. The Balaban J connectivity index is 2.55. The Morgan fingerprint density at radius 2 is 1.52 bits per heavy atom. The molecule has 0 heterocycles. The fourth-order valence-corrected chi connectivity index (χ4v) is 3.33. The maximum absolute atomic E-state index is 12.1. The lowest BCUT2D eigenvalue weighted by atomic mass is 9.78. The van der Waals surface area contributed by atoms with E-state index in [0.29, 0.717) is 5.75 Å². The molecule has 0 radical (unpaired) electrons. The Morgan fingerprint density at radius 1 is 0.963 bits per heavy atom. The fourth-order valence-electron chi connectivity index (χ4n) is 3.33. The molecular weight excluding hydrogens is 332 g/mol. The number of carbonyl (C=O) groups excluding carboxylic acids is 1. The Labute approximate surface area is 164 Å². The van der Waals surface area contributed by atoms with Crippen molar-refractivity contribution in [3.05, 3.63) is 58.2 Å². The van der Waals surface area contributed by atoms with E-state index in [1.54, 1.807) is 6.08 Å². The number of allylic oxidation sites excluding steroid dienone is 5. The number of aromatic hydroxyl groups is 1. The number of ketones is 1. The van der Waals surface area contributed by atoms with Crippen LogP contribution in [0.3, 0.4) is 0 Å². The number of benzene rings is 1. The highest BCUT2D eigenvalue weighted by Gasteiger charge is 2.26. The van der Waals surface area contributed by atoms with Crippen LogP contribution in [0.5, 0.6) is 5.75 Å². The van der Waals surface area contributed by atoms with Gasteiger partial charge in [-0.05, 0) is 65.2 Å². The molecule has 0 fully saturated rings. The average molecular weight is 367 g/mol. The zero-order chi connectivity index (χ0) is 20.4. The predicted molar refractivity (Wildman–Crippen MR) is 115 cm³/mol. The second kappa shape index (κ2) is 7.88. The molecule has 27 heavy (non-hydrogen) atoms. The first-order chi connectivity index (χ1) is 12.4. The summed E-state index contributed by atoms with van der Waals surface area (Å²) in [6, 6.07) is 4.14. The summed E-state index contributed by atoms with van der Waals surface area (Å²) in [7, 11) is 0. The summed E-state index contributed by atoms with van der Waals surface area (Å²) in [4.78, 5) is 12.1. The van der Waals surface area contributed by atoms with Gasteiger partial charge >= 0.3 is 0 Å². The van der Waals surface area contributed by atoms with E-state index in [0.717, 1.165) is 47.1 Å². The lowest BCUT2D eigenvalue weighted by Gasteiger charge is -2.28. The summed E-state index contributed by atoms with van der Waals surface area (Å²) >= 11 is 0. The van der Waals surface area contributed by atoms with Crippen molar-refractivity contribution in [3.63, 3.8) is 0 Å². The maximum Gasteiger partial charge on any atom is 0.181 e. The van der Waals surface area contributed by atoms with Gasteiger partial charge in [0.05, 0.1) is 0 Å². The zero-order valence-corrected chi connectivity index (χ0v) is 17.9. The third-order valence-electron chi connectivity index (χ3n) is 4.97. The van der Waals surface area contributed by atoms with E-state index >= 15 is 0 Å². The van der Waals surface area contributed by atoms with Crippen LogP contribution in [0.2, 0.25) is 0 Å². The highest BCUT2D eigenvalue weighted by molar-refractivity contribution is 6.06. The third-order valence-corrected chi connectivity index (χ3v) is 4.97. The van der Waals surface area contributed by atoms with Crippen molar-refractivity contribution in [2.24, 2.45) is 0 Å². The fraction of sp³-hybridized carbons (Fsp3) is 0.480. The van der Waals surface area contributed by atoms with Gasteiger partial charge in [-0.15, -0.1) is 0 Å². The van der Waals surface area contributed by atoms with E-state index in [1.165, 1.54) is 0 Å². The van der Waals surface area contributed by atoms with Crippen molar-refractivity contribution < 1.29 is 9.90 Å². The molecule has 1 aromatic carbocycles. The van der Waals surface area contributed by atoms with Gasteiger partial charge in [0.15, 0.2) is 5.78 Å². The van der Waals surface area contributed by atoms with E-state index in [4.69, 9.17) is 0 Å². The molecule has 0 saturated carbocycles. The van der Waals surface area contributed by atoms with Gasteiger partial charge in [0.2, 0.25) is 0 Å². The topological polar surface area (TPSA) is 37.3 Å². The van der Waals surface area contributed by atoms with Crippen molar-refractivity contribution in [1.82, 2.24) is 0 Å². The summed E-state index contributed by atoms with van der Waals surface area (Å²) in [5.41, 5.74) is 4.57. The number of phenols is 1. The first kappa shape index (κ1) is 21.2. The van der Waals surface area contributed by atoms with Crippen molar-refractivity contribution in [3.8, 4) is 5.75 Å². The van der Waals surface area contributed by atoms with E-state index in [-0.39, 0.29) is 16.6 Å². The molecule has 0 atom stereocenters. The highest BCUT2D eigenvalue weighted by Crippen LogP contribution is 2.40. The first-order valence-corrected chi connectivity index (χ1v) is 9.96. The molecule has 1 aliphatic rings. The van der Waals surface area contributed by atoms with Crippen LogP contribution in [-0.4, -0.2) is 10.9 Å². The van der Waals surface area contributed by atoms with Crippen molar-refractivity contribution in [2.75, 3.05) is 0 Å². The lowest BCUT2D eigenvalue weighted by molar-refractivity contribution is -0.111. The summed E-state index contributed by atoms with van der Waals surface area (Å²) in [6.07, 6.45) is 10.6. The molecule has 1 aromatic rings. The van der Waals surface area contributed by atoms with E-state index in [1.807, 2.05) is 12.2 Å².